The van der Waals surface area contributed by atoms with E-state index in [1.54, 1.807) is 33.1 Å². The second kappa shape index (κ2) is 9.11. The summed E-state index contributed by atoms with van der Waals surface area (Å²) in [7, 11) is 1.29. The van der Waals surface area contributed by atoms with Gasteiger partial charge in [-0.15, -0.1) is 22.7 Å². The molecule has 0 radical (unpaired) electrons. The Hall–Kier alpha value is -2.85. The molecule has 8 nitrogen and oxygen atoms in total. The van der Waals surface area contributed by atoms with Gasteiger partial charge in [0.2, 0.25) is 0 Å². The first-order chi connectivity index (χ1) is 14.6. The van der Waals surface area contributed by atoms with Gasteiger partial charge in [0.15, 0.2) is 17.2 Å². The van der Waals surface area contributed by atoms with E-state index in [4.69, 9.17) is 18.9 Å². The lowest BCUT2D eigenvalue weighted by atomic mass is 10.2. The van der Waals surface area contributed by atoms with Crippen LogP contribution in [0.2, 0.25) is 0 Å². The quantitative estimate of drug-likeness (QED) is 0.397. The van der Waals surface area contributed by atoms with Crippen LogP contribution in [0.15, 0.2) is 17.5 Å². The van der Waals surface area contributed by atoms with E-state index in [0.29, 0.717) is 11.4 Å². The summed E-state index contributed by atoms with van der Waals surface area (Å²) < 4.78 is 21.6. The fourth-order valence-corrected chi connectivity index (χ4v) is 4.98. The monoisotopic (exact) mass is 465 g/mol. The number of esters is 2. The Morgan fingerprint density at radius 3 is 2.55 bits per heavy atom. The van der Waals surface area contributed by atoms with Crippen molar-refractivity contribution in [3.8, 4) is 16.2 Å². The molecule has 0 spiro atoms. The Kier molecular flexibility index (Phi) is 6.71. The summed E-state index contributed by atoms with van der Waals surface area (Å²) in [6.07, 6.45) is -0.543. The molecule has 1 aromatic heterocycles. The molecule has 0 aromatic carbocycles. The predicted octanol–water partition coefficient (Wildman–Crippen LogP) is 5.14. The summed E-state index contributed by atoms with van der Waals surface area (Å²) in [5.41, 5.74) is 0.847. The lowest BCUT2D eigenvalue weighted by Gasteiger charge is -2.19. The first-order valence-electron chi connectivity index (χ1n) is 9.47. The molecule has 2 heterocycles. The van der Waals surface area contributed by atoms with Crippen molar-refractivity contribution < 1.29 is 33.3 Å². The van der Waals surface area contributed by atoms with E-state index < -0.39 is 23.6 Å². The Morgan fingerprint density at radius 2 is 1.90 bits per heavy atom. The maximum atomic E-state index is 12.2. The lowest BCUT2D eigenvalue weighted by molar-refractivity contribution is -0.145. The number of fused-ring (bicyclic) bond motifs is 3. The van der Waals surface area contributed by atoms with Crippen molar-refractivity contribution >= 4 is 56.5 Å². The van der Waals surface area contributed by atoms with Crippen LogP contribution < -0.4 is 10.1 Å². The fourth-order valence-electron chi connectivity index (χ4n) is 2.84. The number of hydrogen-bond acceptors (Lipinski definition) is 9. The molecule has 1 aliphatic carbocycles. The van der Waals surface area contributed by atoms with Gasteiger partial charge in [-0.1, -0.05) is 0 Å². The Bertz CT molecular complexity index is 1090. The molecule has 31 heavy (non-hydrogen) atoms. The molecular weight excluding hydrogens is 442 g/mol. The zero-order chi connectivity index (χ0) is 22.8. The average Bonchev–Trinajstić information content (AvgIpc) is 3.19. The molecular formula is C21H23NO7S2. The highest BCUT2D eigenvalue weighted by Gasteiger charge is 2.27. The zero-order valence-corrected chi connectivity index (χ0v) is 19.5. The first-order valence-corrected chi connectivity index (χ1v) is 11.2. The van der Waals surface area contributed by atoms with Gasteiger partial charge in [-0.25, -0.2) is 14.4 Å². The van der Waals surface area contributed by atoms with E-state index in [9.17, 15) is 14.4 Å². The molecule has 10 heteroatoms. The molecule has 0 saturated heterocycles. The molecule has 0 atom stereocenters. The zero-order valence-electron chi connectivity index (χ0n) is 17.8. The van der Waals surface area contributed by atoms with Gasteiger partial charge in [0.25, 0.3) is 0 Å². The number of amides is 1. The summed E-state index contributed by atoms with van der Waals surface area (Å²) in [4.78, 5) is 37.2. The molecule has 2 aliphatic rings. The van der Waals surface area contributed by atoms with Crippen LogP contribution in [0.4, 0.5) is 10.5 Å². The largest absolute Gasteiger partial charge is 0.479 e. The molecule has 166 valence electrons. The summed E-state index contributed by atoms with van der Waals surface area (Å²) in [6.45, 7) is 7.00. The van der Waals surface area contributed by atoms with Crippen molar-refractivity contribution in [3.63, 3.8) is 0 Å². The molecule has 0 saturated carbocycles. The van der Waals surface area contributed by atoms with Gasteiger partial charge >= 0.3 is 18.0 Å². The van der Waals surface area contributed by atoms with Gasteiger partial charge in [0.1, 0.15) is 5.60 Å². The van der Waals surface area contributed by atoms with Crippen molar-refractivity contribution in [2.75, 3.05) is 25.6 Å². The number of thiophene rings is 1. The Labute approximate surface area is 187 Å². The molecule has 1 aromatic rings. The number of ether oxygens (including phenoxy) is 4. The van der Waals surface area contributed by atoms with E-state index in [2.05, 4.69) is 5.32 Å². The topological polar surface area (TPSA) is 100 Å². The third kappa shape index (κ3) is 5.26. The predicted molar refractivity (Wildman–Crippen MR) is 120 cm³/mol. The Balaban J connectivity index is 1.96. The van der Waals surface area contributed by atoms with Crippen LogP contribution in [0.5, 0.6) is 5.75 Å². The number of methoxy groups -OCH3 is 1. The van der Waals surface area contributed by atoms with E-state index in [0.717, 1.165) is 20.5 Å². The van der Waals surface area contributed by atoms with E-state index in [1.165, 1.54) is 29.8 Å². The highest BCUT2D eigenvalue weighted by molar-refractivity contribution is 7.22. The minimum atomic E-state index is -0.601. The number of anilines is 1. The van der Waals surface area contributed by atoms with Crippen LogP contribution in [0, 0.1) is 0 Å². The van der Waals surface area contributed by atoms with Gasteiger partial charge in [-0.2, -0.15) is 0 Å². The average molecular weight is 466 g/mol. The summed E-state index contributed by atoms with van der Waals surface area (Å²) >= 11 is 2.60. The van der Waals surface area contributed by atoms with Crippen molar-refractivity contribution in [3.05, 3.63) is 22.4 Å². The minimum absolute atomic E-state index is 0.236. The molecule has 3 rings (SSSR count). The lowest BCUT2D eigenvalue weighted by Crippen LogP contribution is -2.27. The SMILES string of the molecule is CCOC(=O)COc1c(C(=O)OC)sc2cc3cc(NC(=O)OC(C)(C)C)csc-3c12. The number of carbonyl (C=O) groups excluding carboxylic acids is 3. The molecule has 0 unspecified atom stereocenters. The number of hydrogen-bond donors (Lipinski definition) is 1. The molecule has 1 amide bonds. The number of carbonyl (C=O) groups is 3. The fraction of sp³-hybridized carbons (Fsp3) is 0.381. The maximum absolute atomic E-state index is 12.2. The summed E-state index contributed by atoms with van der Waals surface area (Å²) in [5, 5.41) is 5.22. The smallest absolute Gasteiger partial charge is 0.412 e. The molecule has 0 fully saturated rings. The first kappa shape index (κ1) is 22.8. The molecule has 1 aliphatic heterocycles. The maximum Gasteiger partial charge on any atom is 0.412 e. The normalized spacial score (nSPS) is 11.4. The van der Waals surface area contributed by atoms with Crippen molar-refractivity contribution in [2.45, 2.75) is 33.3 Å². The van der Waals surface area contributed by atoms with Crippen LogP contribution in [0.3, 0.4) is 0 Å². The van der Waals surface area contributed by atoms with Crippen LogP contribution in [-0.2, 0) is 19.0 Å². The van der Waals surface area contributed by atoms with Crippen LogP contribution in [-0.4, -0.2) is 44.0 Å². The van der Waals surface area contributed by atoms with Gasteiger partial charge in [0, 0.05) is 15.0 Å². The standard InChI is InChI=1S/C21H23NO7S2/c1-6-27-14(23)9-28-16-15-13(31-18(16)19(24)26-5)8-11-7-12(10-30-17(11)15)22-20(25)29-21(2,3)4/h7-8,10H,6,9H2,1-5H3,(H,22,25). The van der Waals surface area contributed by atoms with Crippen LogP contribution >= 0.6 is 22.7 Å². The second-order valence-corrected chi connectivity index (χ2v) is 9.41. The Morgan fingerprint density at radius 1 is 1.16 bits per heavy atom. The van der Waals surface area contributed by atoms with Gasteiger partial charge in [0.05, 0.1) is 24.8 Å². The van der Waals surface area contributed by atoms with Crippen molar-refractivity contribution in [1.29, 1.82) is 0 Å². The van der Waals surface area contributed by atoms with Crippen molar-refractivity contribution in [2.24, 2.45) is 0 Å². The molecule has 1 N–H and O–H groups in total. The van der Waals surface area contributed by atoms with Crippen molar-refractivity contribution in [1.82, 2.24) is 0 Å². The van der Waals surface area contributed by atoms with Gasteiger partial charge in [-0.05, 0) is 45.4 Å². The van der Waals surface area contributed by atoms with Crippen LogP contribution in [0.1, 0.15) is 37.4 Å². The summed E-state index contributed by atoms with van der Waals surface area (Å²) in [5.74, 6) is -0.776. The highest BCUT2D eigenvalue weighted by Crippen LogP contribution is 2.49. The molecule has 0 bridgehead atoms. The van der Waals surface area contributed by atoms with Gasteiger partial charge in [-0.3, -0.25) is 5.32 Å². The summed E-state index contributed by atoms with van der Waals surface area (Å²) in [6, 6.07) is 3.71. The van der Waals surface area contributed by atoms with E-state index in [1.807, 2.05) is 12.1 Å². The number of rotatable bonds is 6. The van der Waals surface area contributed by atoms with E-state index in [-0.39, 0.29) is 18.1 Å². The minimum Gasteiger partial charge on any atom is -0.479 e. The highest BCUT2D eigenvalue weighted by atomic mass is 32.1. The van der Waals surface area contributed by atoms with Crippen LogP contribution in [0.25, 0.3) is 20.5 Å². The third-order valence-electron chi connectivity index (χ3n) is 3.94. The second-order valence-electron chi connectivity index (χ2n) is 7.48. The van der Waals surface area contributed by atoms with Gasteiger partial charge < -0.3 is 18.9 Å². The third-order valence-corrected chi connectivity index (χ3v) is 6.08. The van der Waals surface area contributed by atoms with E-state index >= 15 is 0 Å². The number of nitrogens with one attached hydrogen (secondary N) is 1.